The van der Waals surface area contributed by atoms with E-state index >= 15 is 0 Å². The van der Waals surface area contributed by atoms with Crippen LogP contribution < -0.4 is 0 Å². The molecule has 0 aliphatic rings. The number of unbranched alkanes of at least 4 members (excludes halogenated alkanes) is 2. The Morgan fingerprint density at radius 2 is 0.848 bits per heavy atom. The van der Waals surface area contributed by atoms with Crippen molar-refractivity contribution < 1.29 is 18.9 Å². The minimum atomic E-state index is -0.462. The number of ether oxygens (including phenoxy) is 4. The van der Waals surface area contributed by atoms with E-state index in [1.165, 1.54) is 37.8 Å². The lowest BCUT2D eigenvalue weighted by Gasteiger charge is -2.35. The molecule has 0 unspecified atom stereocenters. The van der Waals surface area contributed by atoms with Gasteiger partial charge in [-0.3, -0.25) is 0 Å². The van der Waals surface area contributed by atoms with Gasteiger partial charge in [-0.15, -0.1) is 0 Å². The van der Waals surface area contributed by atoms with Crippen LogP contribution in [0.15, 0.2) is 0 Å². The molecule has 4 nitrogen and oxygen atoms in total. The van der Waals surface area contributed by atoms with Gasteiger partial charge in [0.25, 0.3) is 0 Å². The first-order valence-electron chi connectivity index (χ1n) is 13.5. The Hall–Kier alpha value is 1.32. The molecule has 0 saturated heterocycles. The first-order chi connectivity index (χ1) is 16.1. The summed E-state index contributed by atoms with van der Waals surface area (Å²) in [7, 11) is 4.76. The van der Waals surface area contributed by atoms with Crippen LogP contribution in [0, 0.1) is 0 Å². The van der Waals surface area contributed by atoms with Crippen molar-refractivity contribution in [1.29, 1.82) is 0 Å². The van der Waals surface area contributed by atoms with Crippen LogP contribution in [0.4, 0.5) is 0 Å². The Balaban J connectivity index is 4.95. The van der Waals surface area contributed by atoms with Gasteiger partial charge < -0.3 is 18.9 Å². The van der Waals surface area contributed by atoms with E-state index in [1.807, 2.05) is 31.4 Å². The Labute approximate surface area is 222 Å². The van der Waals surface area contributed by atoms with E-state index in [0.29, 0.717) is 0 Å². The van der Waals surface area contributed by atoms with Crippen molar-refractivity contribution in [2.75, 3.05) is 37.9 Å². The quantitative estimate of drug-likeness (QED) is 0.0500. The van der Waals surface area contributed by atoms with Crippen molar-refractivity contribution in [3.05, 3.63) is 0 Å². The second-order valence-electron chi connectivity index (χ2n) is 8.72. The lowest BCUT2D eigenvalue weighted by Crippen LogP contribution is -2.45. The number of hydrogen-bond acceptors (Lipinski definition) is 7. The first-order valence-corrected chi connectivity index (χ1v) is 20.8. The zero-order chi connectivity index (χ0) is 24.7. The van der Waals surface area contributed by atoms with Crippen LogP contribution in [0.3, 0.4) is 0 Å². The monoisotopic (exact) mass is 558 g/mol. The molecule has 0 spiro atoms. The summed E-state index contributed by atoms with van der Waals surface area (Å²) in [6.07, 6.45) is 9.26. The predicted molar refractivity (Wildman–Crippen MR) is 159 cm³/mol. The zero-order valence-corrected chi connectivity index (χ0v) is 27.9. The smallest absolute Gasteiger partial charge is 0.154 e. The van der Waals surface area contributed by atoms with Crippen LogP contribution >= 0.6 is 31.4 Å². The van der Waals surface area contributed by atoms with Gasteiger partial charge in [-0.2, -0.15) is 0 Å². The topological polar surface area (TPSA) is 36.9 Å². The third-order valence-electron chi connectivity index (χ3n) is 5.25. The Morgan fingerprint density at radius 3 is 1.12 bits per heavy atom. The van der Waals surface area contributed by atoms with Gasteiger partial charge in [0.1, 0.15) is 0 Å². The highest BCUT2D eigenvalue weighted by Gasteiger charge is 2.34. The Kier molecular flexibility index (Phi) is 24.7. The largest absolute Gasteiger partial charge is 0.354 e. The van der Waals surface area contributed by atoms with Crippen molar-refractivity contribution in [1.82, 2.24) is 0 Å². The van der Waals surface area contributed by atoms with E-state index in [-0.39, 0.29) is 10.8 Å². The van der Waals surface area contributed by atoms with Crippen molar-refractivity contribution in [2.24, 2.45) is 0 Å². The van der Waals surface area contributed by atoms with Gasteiger partial charge in [0.15, 0.2) is 10.8 Å². The van der Waals surface area contributed by atoms with Crippen LogP contribution in [0.25, 0.3) is 0 Å². The molecule has 0 N–H and O–H groups in total. The lowest BCUT2D eigenvalue weighted by atomic mass is 10.4. The third-order valence-corrected chi connectivity index (χ3v) is 14.8. The van der Waals surface area contributed by atoms with Gasteiger partial charge in [-0.1, -0.05) is 101 Å². The molecule has 0 radical (unpaired) electrons. The summed E-state index contributed by atoms with van der Waals surface area (Å²) < 4.78 is 25.6. The normalized spacial score (nSPS) is 13.3. The SMILES string of the molecule is CCCC[SiH2]C(CSSSCC(OCCC)(OCCC)[SiH2]CCCC)(OCCC)OCCC. The summed E-state index contributed by atoms with van der Waals surface area (Å²) in [6.45, 7) is 16.5. The molecule has 9 heteroatoms. The molecule has 0 atom stereocenters. The first kappa shape index (κ1) is 34.3. The highest BCUT2D eigenvalue weighted by molar-refractivity contribution is 9.09. The van der Waals surface area contributed by atoms with E-state index in [4.69, 9.17) is 18.9 Å². The van der Waals surface area contributed by atoms with Gasteiger partial charge in [-0.25, -0.2) is 0 Å². The Bertz CT molecular complexity index is 371. The fourth-order valence-corrected chi connectivity index (χ4v) is 13.7. The molecule has 0 heterocycles. The highest BCUT2D eigenvalue weighted by Crippen LogP contribution is 2.40. The van der Waals surface area contributed by atoms with Crippen molar-refractivity contribution in [3.63, 3.8) is 0 Å². The summed E-state index contributed by atoms with van der Waals surface area (Å²) in [5.41, 5.74) is -0.631. The number of rotatable bonds is 26. The van der Waals surface area contributed by atoms with E-state index < -0.39 is 19.0 Å². The molecule has 0 bridgehead atoms. The van der Waals surface area contributed by atoms with E-state index in [1.54, 1.807) is 0 Å². The molecule has 0 aliphatic carbocycles. The maximum atomic E-state index is 6.40. The van der Waals surface area contributed by atoms with Crippen LogP contribution in [-0.2, 0) is 18.9 Å². The summed E-state index contributed by atoms with van der Waals surface area (Å²) in [6, 6.07) is 2.59. The predicted octanol–water partition coefficient (Wildman–Crippen LogP) is 6.80. The molecular formula is C24H54O4S3Si2. The van der Waals surface area contributed by atoms with E-state index in [0.717, 1.165) is 63.6 Å². The van der Waals surface area contributed by atoms with Crippen LogP contribution in [0.1, 0.15) is 92.9 Å². The molecule has 0 aliphatic heterocycles. The van der Waals surface area contributed by atoms with Crippen molar-refractivity contribution in [2.45, 2.75) is 116 Å². The molecule has 0 fully saturated rings. The van der Waals surface area contributed by atoms with Gasteiger partial charge in [0.2, 0.25) is 0 Å². The lowest BCUT2D eigenvalue weighted by molar-refractivity contribution is -0.165. The van der Waals surface area contributed by atoms with Gasteiger partial charge in [0.05, 0.1) is 30.5 Å². The molecule has 0 aromatic carbocycles. The Morgan fingerprint density at radius 1 is 0.515 bits per heavy atom. The van der Waals surface area contributed by atoms with Gasteiger partial charge in [0, 0.05) is 26.4 Å². The van der Waals surface area contributed by atoms with Gasteiger partial charge >= 0.3 is 0 Å². The molecule has 0 saturated carbocycles. The standard InChI is InChI=1S/C24H54O4S3Si2/c1-7-13-19-32-23(25-15-9-3,26-16-10-4)21-29-31-30-22-24(27-17-11-5,28-18-12-6)33-20-14-8-2/h7-22,32-33H2,1-6H3. The summed E-state index contributed by atoms with van der Waals surface area (Å²) >= 11 is 0. The average molecular weight is 559 g/mol. The van der Waals surface area contributed by atoms with Gasteiger partial charge in [-0.05, 0) is 35.5 Å². The molecule has 33 heavy (non-hydrogen) atoms. The van der Waals surface area contributed by atoms with E-state index in [2.05, 4.69) is 41.5 Å². The average Bonchev–Trinajstić information content (AvgIpc) is 2.83. The van der Waals surface area contributed by atoms with E-state index in [9.17, 15) is 0 Å². The third kappa shape index (κ3) is 17.4. The summed E-state index contributed by atoms with van der Waals surface area (Å²) in [4.78, 5) is 0. The van der Waals surface area contributed by atoms with Crippen LogP contribution in [0.2, 0.25) is 12.1 Å². The van der Waals surface area contributed by atoms with Crippen LogP contribution in [-0.4, -0.2) is 67.8 Å². The summed E-state index contributed by atoms with van der Waals surface area (Å²) in [5, 5.41) is 0. The second-order valence-corrected chi connectivity index (χ2v) is 17.5. The van der Waals surface area contributed by atoms with Crippen molar-refractivity contribution in [3.8, 4) is 0 Å². The van der Waals surface area contributed by atoms with Crippen LogP contribution in [0.5, 0.6) is 0 Å². The molecule has 200 valence electrons. The minimum Gasteiger partial charge on any atom is -0.354 e. The fourth-order valence-electron chi connectivity index (χ4n) is 3.39. The molecular weight excluding hydrogens is 505 g/mol. The zero-order valence-electron chi connectivity index (χ0n) is 22.6. The van der Waals surface area contributed by atoms with Crippen molar-refractivity contribution >= 4 is 50.5 Å². The highest BCUT2D eigenvalue weighted by atomic mass is 33.5. The molecule has 0 amide bonds. The maximum Gasteiger partial charge on any atom is 0.154 e. The minimum absolute atomic E-state index is 0.316. The molecule has 0 rings (SSSR count). The fraction of sp³-hybridized carbons (Fsp3) is 1.00. The molecule has 0 aromatic rings. The maximum absolute atomic E-state index is 6.40. The second kappa shape index (κ2) is 23.7. The number of hydrogen-bond donors (Lipinski definition) is 0. The summed E-state index contributed by atoms with van der Waals surface area (Å²) in [5.74, 6) is 1.85. The molecule has 0 aromatic heterocycles.